The van der Waals surface area contributed by atoms with Gasteiger partial charge in [0, 0.05) is 58.4 Å². The second kappa shape index (κ2) is 12.4. The number of aromatic nitrogens is 2. The fraction of sp³-hybridized carbons (Fsp3) is 0.158. The molecule has 230 valence electrons. The standard InChI is InChI=1S/C38H34N4O4/c1-41(2)17-18-42-22-32(30-20-28(14-16-34(30)42)46-24-26-11-7-4-8-12-26)36-35(37(43)40-38(36)44)31-21-39-33-15-13-27(19-29(31)33)45-23-25-9-5-3-6-10-25/h3-16,19-22,39H,17-18,23-24H2,1-2H3,(H,40,43,44). The van der Waals surface area contributed by atoms with Gasteiger partial charge in [-0.1, -0.05) is 60.7 Å². The summed E-state index contributed by atoms with van der Waals surface area (Å²) >= 11 is 0. The Morgan fingerprint density at radius 3 is 1.91 bits per heavy atom. The minimum atomic E-state index is -0.429. The predicted molar refractivity (Wildman–Crippen MR) is 180 cm³/mol. The average molecular weight is 611 g/mol. The van der Waals surface area contributed by atoms with Crippen LogP contribution >= 0.6 is 0 Å². The van der Waals surface area contributed by atoms with Gasteiger partial charge in [-0.3, -0.25) is 14.9 Å². The normalized spacial score (nSPS) is 13.3. The number of nitrogens with one attached hydrogen (secondary N) is 2. The number of nitrogens with zero attached hydrogens (tertiary/aromatic N) is 2. The summed E-state index contributed by atoms with van der Waals surface area (Å²) < 4.78 is 14.4. The summed E-state index contributed by atoms with van der Waals surface area (Å²) in [5.74, 6) is 0.502. The Kier molecular flexibility index (Phi) is 7.86. The molecule has 2 aromatic heterocycles. The van der Waals surface area contributed by atoms with Gasteiger partial charge in [-0.25, -0.2) is 0 Å². The molecule has 7 rings (SSSR count). The first-order chi connectivity index (χ1) is 22.4. The van der Waals surface area contributed by atoms with E-state index in [0.717, 1.165) is 39.5 Å². The highest BCUT2D eigenvalue weighted by Gasteiger charge is 2.35. The summed E-state index contributed by atoms with van der Waals surface area (Å²) in [4.78, 5) is 32.5. The van der Waals surface area contributed by atoms with Crippen LogP contribution in [0.4, 0.5) is 0 Å². The molecule has 0 saturated heterocycles. The topological polar surface area (TPSA) is 88.6 Å². The molecule has 1 aliphatic rings. The molecule has 1 aliphatic heterocycles. The first-order valence-corrected chi connectivity index (χ1v) is 15.3. The van der Waals surface area contributed by atoms with Crippen LogP contribution in [0.5, 0.6) is 11.5 Å². The van der Waals surface area contributed by atoms with Crippen LogP contribution in [0, 0.1) is 0 Å². The summed E-state index contributed by atoms with van der Waals surface area (Å²) in [6.45, 7) is 2.35. The highest BCUT2D eigenvalue weighted by molar-refractivity contribution is 6.50. The number of ether oxygens (including phenoxy) is 2. The molecule has 46 heavy (non-hydrogen) atoms. The van der Waals surface area contributed by atoms with E-state index < -0.39 is 11.8 Å². The van der Waals surface area contributed by atoms with Crippen LogP contribution in [0.2, 0.25) is 0 Å². The molecule has 0 unspecified atom stereocenters. The number of carbonyl (C=O) groups is 2. The third-order valence-corrected chi connectivity index (χ3v) is 8.26. The summed E-state index contributed by atoms with van der Waals surface area (Å²) in [5, 5.41) is 4.21. The Labute approximate surface area is 266 Å². The maximum absolute atomic E-state index is 13.6. The van der Waals surface area contributed by atoms with Gasteiger partial charge in [-0.15, -0.1) is 0 Å². The van der Waals surface area contributed by atoms with Gasteiger partial charge in [-0.05, 0) is 61.6 Å². The number of imide groups is 1. The van der Waals surface area contributed by atoms with Crippen molar-refractivity contribution >= 4 is 44.8 Å². The van der Waals surface area contributed by atoms with Gasteiger partial charge in [0.15, 0.2) is 0 Å². The average Bonchev–Trinajstić information content (AvgIpc) is 3.74. The van der Waals surface area contributed by atoms with Gasteiger partial charge in [0.1, 0.15) is 24.7 Å². The lowest BCUT2D eigenvalue weighted by atomic mass is 9.95. The van der Waals surface area contributed by atoms with Crippen molar-refractivity contribution in [2.24, 2.45) is 0 Å². The van der Waals surface area contributed by atoms with E-state index in [1.807, 2.05) is 117 Å². The molecule has 8 nitrogen and oxygen atoms in total. The fourth-order valence-electron chi connectivity index (χ4n) is 5.91. The van der Waals surface area contributed by atoms with Crippen LogP contribution < -0.4 is 14.8 Å². The maximum Gasteiger partial charge on any atom is 0.259 e. The number of benzene rings is 4. The molecule has 8 heteroatoms. The summed E-state index contributed by atoms with van der Waals surface area (Å²) in [7, 11) is 4.06. The number of aromatic amines is 1. The van der Waals surface area contributed by atoms with Crippen LogP contribution in [0.15, 0.2) is 109 Å². The largest absolute Gasteiger partial charge is 0.489 e. The minimum Gasteiger partial charge on any atom is -0.489 e. The monoisotopic (exact) mass is 610 g/mol. The Bertz CT molecular complexity index is 2090. The van der Waals surface area contributed by atoms with Crippen molar-refractivity contribution in [1.82, 2.24) is 19.8 Å². The molecule has 6 aromatic rings. The van der Waals surface area contributed by atoms with E-state index >= 15 is 0 Å². The van der Waals surface area contributed by atoms with Crippen molar-refractivity contribution in [1.29, 1.82) is 0 Å². The summed E-state index contributed by atoms with van der Waals surface area (Å²) in [6, 6.07) is 31.6. The van der Waals surface area contributed by atoms with E-state index in [4.69, 9.17) is 9.47 Å². The van der Waals surface area contributed by atoms with E-state index in [0.29, 0.717) is 53.5 Å². The van der Waals surface area contributed by atoms with Gasteiger partial charge in [0.2, 0.25) is 0 Å². The first-order valence-electron chi connectivity index (χ1n) is 15.3. The van der Waals surface area contributed by atoms with E-state index in [-0.39, 0.29) is 0 Å². The Morgan fingerprint density at radius 1 is 0.696 bits per heavy atom. The van der Waals surface area contributed by atoms with Crippen LogP contribution in [-0.4, -0.2) is 46.9 Å². The van der Waals surface area contributed by atoms with Crippen molar-refractivity contribution in [2.45, 2.75) is 19.8 Å². The third kappa shape index (κ3) is 5.78. The van der Waals surface area contributed by atoms with Crippen molar-refractivity contribution in [3.8, 4) is 11.5 Å². The van der Waals surface area contributed by atoms with Gasteiger partial charge in [-0.2, -0.15) is 0 Å². The molecule has 0 bridgehead atoms. The molecule has 2 N–H and O–H groups in total. The van der Waals surface area contributed by atoms with Gasteiger partial charge in [0.25, 0.3) is 11.8 Å². The zero-order valence-electron chi connectivity index (χ0n) is 25.7. The quantitative estimate of drug-likeness (QED) is 0.166. The second-order valence-electron chi connectivity index (χ2n) is 11.7. The molecule has 4 aromatic carbocycles. The molecule has 0 fully saturated rings. The van der Waals surface area contributed by atoms with Crippen LogP contribution in [0.3, 0.4) is 0 Å². The van der Waals surface area contributed by atoms with Crippen molar-refractivity contribution < 1.29 is 19.1 Å². The fourth-order valence-corrected chi connectivity index (χ4v) is 5.91. The number of carbonyl (C=O) groups excluding carboxylic acids is 2. The van der Waals surface area contributed by atoms with E-state index in [9.17, 15) is 9.59 Å². The molecule has 0 radical (unpaired) electrons. The van der Waals surface area contributed by atoms with Crippen LogP contribution in [0.1, 0.15) is 22.3 Å². The maximum atomic E-state index is 13.6. The predicted octanol–water partition coefficient (Wildman–Crippen LogP) is 6.41. The first kappa shape index (κ1) is 29.1. The molecule has 0 spiro atoms. The molecule has 2 amide bonds. The number of rotatable bonds is 11. The van der Waals surface area contributed by atoms with Gasteiger partial charge >= 0.3 is 0 Å². The number of hydrogen-bond donors (Lipinski definition) is 2. The van der Waals surface area contributed by atoms with Crippen molar-refractivity contribution in [3.63, 3.8) is 0 Å². The minimum absolute atomic E-state index is 0.332. The zero-order chi connectivity index (χ0) is 31.6. The van der Waals surface area contributed by atoms with Crippen LogP contribution in [-0.2, 0) is 29.3 Å². The Balaban J connectivity index is 1.31. The molecule has 0 atom stereocenters. The summed E-state index contributed by atoms with van der Waals surface area (Å²) in [6.07, 6.45) is 3.77. The third-order valence-electron chi connectivity index (χ3n) is 8.26. The van der Waals surface area contributed by atoms with Gasteiger partial charge < -0.3 is 23.9 Å². The molecular weight excluding hydrogens is 576 g/mol. The van der Waals surface area contributed by atoms with Gasteiger partial charge in [0.05, 0.1) is 11.1 Å². The number of fused-ring (bicyclic) bond motifs is 2. The lowest BCUT2D eigenvalue weighted by molar-refractivity contribution is -0.122. The van der Waals surface area contributed by atoms with E-state index in [2.05, 4.69) is 19.8 Å². The lowest BCUT2D eigenvalue weighted by Crippen LogP contribution is -2.22. The van der Waals surface area contributed by atoms with E-state index in [1.165, 1.54) is 0 Å². The SMILES string of the molecule is CN(C)CCn1cc(C2=C(c3c[nH]c4ccc(OCc5ccccc5)cc34)C(=O)NC2=O)c2cc(OCc3ccccc3)ccc21. The van der Waals surface area contributed by atoms with Crippen molar-refractivity contribution in [2.75, 3.05) is 20.6 Å². The smallest absolute Gasteiger partial charge is 0.259 e. The van der Waals surface area contributed by atoms with Crippen LogP contribution in [0.25, 0.3) is 33.0 Å². The second-order valence-corrected chi connectivity index (χ2v) is 11.7. The highest BCUT2D eigenvalue weighted by atomic mass is 16.5. The number of likely N-dealkylation sites (N-methyl/N-ethyl adjacent to an activating group) is 1. The number of H-pyrrole nitrogens is 1. The highest BCUT2D eigenvalue weighted by Crippen LogP contribution is 2.40. The van der Waals surface area contributed by atoms with Crippen molar-refractivity contribution in [3.05, 3.63) is 132 Å². The molecule has 3 heterocycles. The number of hydrogen-bond acceptors (Lipinski definition) is 5. The summed E-state index contributed by atoms with van der Waals surface area (Å²) in [5.41, 5.74) is 5.91. The Hall–Kier alpha value is -5.60. The molecular formula is C38H34N4O4. The molecule has 0 aliphatic carbocycles. The number of amides is 2. The zero-order valence-corrected chi connectivity index (χ0v) is 25.7. The van der Waals surface area contributed by atoms with E-state index in [1.54, 1.807) is 6.20 Å². The Morgan fingerprint density at radius 2 is 1.28 bits per heavy atom. The molecule has 0 saturated carbocycles. The lowest BCUT2D eigenvalue weighted by Gasteiger charge is -2.11.